The molecule has 0 aliphatic carbocycles. The van der Waals surface area contributed by atoms with Crippen molar-refractivity contribution >= 4 is 11.6 Å². The lowest BCUT2D eigenvalue weighted by Gasteiger charge is -2.31. The van der Waals surface area contributed by atoms with E-state index in [4.69, 9.17) is 17.4 Å². The normalized spacial score (nSPS) is 23.0. The van der Waals surface area contributed by atoms with E-state index < -0.39 is 5.82 Å². The van der Waals surface area contributed by atoms with Gasteiger partial charge in [-0.1, -0.05) is 18.0 Å². The fraction of sp³-hybridized carbons (Fsp3) is 0.500. The highest BCUT2D eigenvalue weighted by atomic mass is 35.5. The Balaban J connectivity index is 2.24. The topological polar surface area (TPSA) is 42.1 Å². The predicted octanol–water partition coefficient (Wildman–Crippen LogP) is 2.27. The van der Waals surface area contributed by atoms with Crippen LogP contribution in [0, 0.1) is 5.82 Å². The monoisotopic (exact) mass is 229 g/mol. The first-order chi connectivity index (χ1) is 7.18. The van der Waals surface area contributed by atoms with Gasteiger partial charge in [0.2, 0.25) is 0 Å². The summed E-state index contributed by atoms with van der Waals surface area (Å²) in [5.74, 6) is 5.37. The molecule has 1 aromatic heterocycles. The number of hydrazine groups is 1. The number of hydrogen-bond donors (Lipinski definition) is 1. The quantitative estimate of drug-likeness (QED) is 0.594. The van der Waals surface area contributed by atoms with Gasteiger partial charge in [0.25, 0.3) is 0 Å². The van der Waals surface area contributed by atoms with Crippen molar-refractivity contribution in [3.63, 3.8) is 0 Å². The highest BCUT2D eigenvalue weighted by Gasteiger charge is 2.22. The Labute approximate surface area is 93.0 Å². The Morgan fingerprint density at radius 3 is 3.00 bits per heavy atom. The van der Waals surface area contributed by atoms with Crippen molar-refractivity contribution in [1.29, 1.82) is 0 Å². The van der Waals surface area contributed by atoms with Gasteiger partial charge in [-0.15, -0.1) is 0 Å². The summed E-state index contributed by atoms with van der Waals surface area (Å²) < 4.78 is 13.2. The molecule has 82 valence electrons. The molecule has 3 nitrogen and oxygen atoms in total. The Morgan fingerprint density at radius 1 is 1.53 bits per heavy atom. The maximum Gasteiger partial charge on any atom is 0.164 e. The minimum Gasteiger partial charge on any atom is -0.268 e. The molecule has 0 radical (unpaired) electrons. The number of hydrogen-bond acceptors (Lipinski definition) is 3. The van der Waals surface area contributed by atoms with Gasteiger partial charge >= 0.3 is 0 Å². The van der Waals surface area contributed by atoms with Crippen molar-refractivity contribution < 1.29 is 4.39 Å². The molecule has 1 fully saturated rings. The summed E-state index contributed by atoms with van der Waals surface area (Å²) in [4.78, 5) is 3.80. The molecule has 0 saturated carbocycles. The fourth-order valence-corrected chi connectivity index (χ4v) is 2.03. The number of pyridine rings is 1. The van der Waals surface area contributed by atoms with Crippen molar-refractivity contribution in [3.05, 3.63) is 28.8 Å². The molecule has 2 N–H and O–H groups in total. The van der Waals surface area contributed by atoms with Crippen LogP contribution in [0.25, 0.3) is 0 Å². The Kier molecular flexibility index (Phi) is 3.19. The highest BCUT2D eigenvalue weighted by molar-refractivity contribution is 6.29. The van der Waals surface area contributed by atoms with Gasteiger partial charge in [0.1, 0.15) is 0 Å². The van der Waals surface area contributed by atoms with Crippen LogP contribution in [0.2, 0.25) is 5.15 Å². The molecule has 1 atom stereocenters. The third-order valence-corrected chi connectivity index (χ3v) is 3.02. The number of aromatic nitrogens is 1. The van der Waals surface area contributed by atoms with Gasteiger partial charge in [-0.05, 0) is 24.5 Å². The molecule has 0 unspecified atom stereocenters. The van der Waals surface area contributed by atoms with Crippen molar-refractivity contribution in [2.45, 2.75) is 25.3 Å². The minimum atomic E-state index is -0.479. The standard InChI is InChI=1S/C10H13ClFN3/c11-10-8(12)5-7(6-14-10)9-3-1-2-4-15(9)13/h5-6,9H,1-4,13H2/t9-/m1/s1. The predicted molar refractivity (Wildman–Crippen MR) is 56.7 cm³/mol. The number of nitrogens with zero attached hydrogens (tertiary/aromatic N) is 2. The Bertz CT molecular complexity index is 359. The second kappa shape index (κ2) is 4.43. The molecule has 0 spiro atoms. The molecule has 1 aliphatic heterocycles. The van der Waals surface area contributed by atoms with Crippen molar-refractivity contribution in [2.24, 2.45) is 5.84 Å². The lowest BCUT2D eigenvalue weighted by Crippen LogP contribution is -2.38. The van der Waals surface area contributed by atoms with Crippen LogP contribution >= 0.6 is 11.6 Å². The summed E-state index contributed by atoms with van der Waals surface area (Å²) in [7, 11) is 0. The van der Waals surface area contributed by atoms with Gasteiger partial charge in [0.05, 0.1) is 6.04 Å². The SMILES string of the molecule is NN1CCCC[C@@H]1c1cnc(Cl)c(F)c1. The van der Waals surface area contributed by atoms with E-state index in [-0.39, 0.29) is 11.2 Å². The van der Waals surface area contributed by atoms with E-state index in [1.165, 1.54) is 6.07 Å². The number of halogens is 2. The van der Waals surface area contributed by atoms with E-state index in [1.54, 1.807) is 11.2 Å². The molecule has 5 heteroatoms. The summed E-state index contributed by atoms with van der Waals surface area (Å²) in [5.41, 5.74) is 0.805. The van der Waals surface area contributed by atoms with E-state index in [0.717, 1.165) is 31.4 Å². The maximum atomic E-state index is 13.2. The largest absolute Gasteiger partial charge is 0.268 e. The van der Waals surface area contributed by atoms with Crippen LogP contribution in [-0.2, 0) is 0 Å². The van der Waals surface area contributed by atoms with Gasteiger partial charge < -0.3 is 0 Å². The summed E-state index contributed by atoms with van der Waals surface area (Å²) in [6, 6.07) is 1.49. The van der Waals surface area contributed by atoms with Gasteiger partial charge in [0, 0.05) is 12.7 Å². The second-order valence-electron chi connectivity index (χ2n) is 3.79. The smallest absolute Gasteiger partial charge is 0.164 e. The number of piperidine rings is 1. The van der Waals surface area contributed by atoms with Gasteiger partial charge in [0.15, 0.2) is 11.0 Å². The molecular weight excluding hydrogens is 217 g/mol. The van der Waals surface area contributed by atoms with Crippen LogP contribution in [-0.4, -0.2) is 16.5 Å². The van der Waals surface area contributed by atoms with E-state index in [0.29, 0.717) is 0 Å². The van der Waals surface area contributed by atoms with Crippen molar-refractivity contribution in [2.75, 3.05) is 6.54 Å². The average Bonchev–Trinajstić information content (AvgIpc) is 2.23. The van der Waals surface area contributed by atoms with E-state index in [9.17, 15) is 4.39 Å². The average molecular weight is 230 g/mol. The summed E-state index contributed by atoms with van der Waals surface area (Å²) >= 11 is 5.52. The fourth-order valence-electron chi connectivity index (χ4n) is 1.93. The summed E-state index contributed by atoms with van der Waals surface area (Å²) in [6.45, 7) is 0.842. The number of rotatable bonds is 1. The molecule has 0 amide bonds. The zero-order valence-electron chi connectivity index (χ0n) is 8.29. The van der Waals surface area contributed by atoms with Crippen LogP contribution < -0.4 is 5.84 Å². The first kappa shape index (κ1) is 10.8. The van der Waals surface area contributed by atoms with Crippen molar-refractivity contribution in [3.8, 4) is 0 Å². The van der Waals surface area contributed by atoms with Crippen LogP contribution in [0.1, 0.15) is 30.9 Å². The molecule has 2 heterocycles. The highest BCUT2D eigenvalue weighted by Crippen LogP contribution is 2.29. The maximum absolute atomic E-state index is 13.2. The van der Waals surface area contributed by atoms with E-state index >= 15 is 0 Å². The second-order valence-corrected chi connectivity index (χ2v) is 4.15. The summed E-state index contributed by atoms with van der Waals surface area (Å²) in [5, 5.41) is 1.66. The van der Waals surface area contributed by atoms with Gasteiger partial charge in [-0.3, -0.25) is 5.84 Å². The van der Waals surface area contributed by atoms with Crippen LogP contribution in [0.3, 0.4) is 0 Å². The zero-order valence-corrected chi connectivity index (χ0v) is 9.04. The molecule has 1 aromatic rings. The molecule has 1 aliphatic rings. The Morgan fingerprint density at radius 2 is 2.33 bits per heavy atom. The third-order valence-electron chi connectivity index (χ3n) is 2.75. The molecule has 1 saturated heterocycles. The lowest BCUT2D eigenvalue weighted by molar-refractivity contribution is 0.151. The van der Waals surface area contributed by atoms with Crippen LogP contribution in [0.5, 0.6) is 0 Å². The minimum absolute atomic E-state index is 0.0676. The zero-order chi connectivity index (χ0) is 10.8. The van der Waals surface area contributed by atoms with E-state index in [1.807, 2.05) is 0 Å². The lowest BCUT2D eigenvalue weighted by atomic mass is 9.98. The van der Waals surface area contributed by atoms with Crippen molar-refractivity contribution in [1.82, 2.24) is 9.99 Å². The van der Waals surface area contributed by atoms with Gasteiger partial charge in [-0.2, -0.15) is 0 Å². The van der Waals surface area contributed by atoms with Gasteiger partial charge in [-0.25, -0.2) is 14.4 Å². The molecule has 2 rings (SSSR count). The van der Waals surface area contributed by atoms with E-state index in [2.05, 4.69) is 4.98 Å². The Hall–Kier alpha value is -0.710. The molecular formula is C10H13ClFN3. The molecule has 15 heavy (non-hydrogen) atoms. The molecule has 0 aromatic carbocycles. The summed E-state index contributed by atoms with van der Waals surface area (Å²) in [6.07, 6.45) is 4.75. The van der Waals surface area contributed by atoms with Crippen LogP contribution in [0.4, 0.5) is 4.39 Å². The van der Waals surface area contributed by atoms with Crippen LogP contribution in [0.15, 0.2) is 12.3 Å². The first-order valence-electron chi connectivity index (χ1n) is 5.01. The first-order valence-corrected chi connectivity index (χ1v) is 5.38. The number of nitrogens with two attached hydrogens (primary N) is 1. The third kappa shape index (κ3) is 2.27. The molecule has 0 bridgehead atoms.